The summed E-state index contributed by atoms with van der Waals surface area (Å²) in [6, 6.07) is 0. The molecule has 0 fully saturated rings. The zero-order valence-corrected chi connectivity index (χ0v) is 13.6. The number of nitrogens with one attached hydrogen (secondary N) is 2. The Labute approximate surface area is 127 Å². The van der Waals surface area contributed by atoms with Crippen molar-refractivity contribution in [3.63, 3.8) is 0 Å². The molecular weight excluding hydrogens is 274 g/mol. The van der Waals surface area contributed by atoms with Gasteiger partial charge < -0.3 is 24.8 Å². The van der Waals surface area contributed by atoms with Crippen molar-refractivity contribution in [1.29, 1.82) is 0 Å². The van der Waals surface area contributed by atoms with Gasteiger partial charge in [-0.3, -0.25) is 9.79 Å². The quantitative estimate of drug-likeness (QED) is 0.249. The highest BCUT2D eigenvalue weighted by Crippen LogP contribution is 1.97. The lowest BCUT2D eigenvalue weighted by atomic mass is 10.2. The zero-order valence-electron chi connectivity index (χ0n) is 13.6. The van der Waals surface area contributed by atoms with Crippen LogP contribution in [0.3, 0.4) is 0 Å². The lowest BCUT2D eigenvalue weighted by molar-refractivity contribution is -0.144. The van der Waals surface area contributed by atoms with Gasteiger partial charge in [-0.15, -0.1) is 0 Å². The Morgan fingerprint density at radius 3 is 2.57 bits per heavy atom. The first-order valence-corrected chi connectivity index (χ1v) is 7.32. The highest BCUT2D eigenvalue weighted by atomic mass is 16.5. The van der Waals surface area contributed by atoms with E-state index in [0.717, 1.165) is 19.5 Å². The third-order valence-electron chi connectivity index (χ3n) is 2.66. The van der Waals surface area contributed by atoms with Crippen LogP contribution in [0.2, 0.25) is 0 Å². The summed E-state index contributed by atoms with van der Waals surface area (Å²) in [6.45, 7) is 7.61. The average Bonchev–Trinajstić information content (AvgIpc) is 2.50. The van der Waals surface area contributed by atoms with Gasteiger partial charge in [0.15, 0.2) is 5.96 Å². The van der Waals surface area contributed by atoms with Crippen molar-refractivity contribution in [2.75, 3.05) is 53.7 Å². The largest absolute Gasteiger partial charge is 0.469 e. The van der Waals surface area contributed by atoms with Gasteiger partial charge in [0, 0.05) is 26.8 Å². The molecule has 0 aliphatic rings. The first kappa shape index (κ1) is 19.7. The Balaban J connectivity index is 3.92. The smallest absolute Gasteiger partial charge is 0.310 e. The van der Waals surface area contributed by atoms with Crippen molar-refractivity contribution in [2.24, 2.45) is 10.9 Å². The van der Waals surface area contributed by atoms with Gasteiger partial charge in [0.2, 0.25) is 0 Å². The van der Waals surface area contributed by atoms with Crippen molar-refractivity contribution in [2.45, 2.75) is 20.3 Å². The Morgan fingerprint density at radius 1 is 1.19 bits per heavy atom. The molecule has 0 aromatic rings. The maximum Gasteiger partial charge on any atom is 0.310 e. The average molecular weight is 303 g/mol. The van der Waals surface area contributed by atoms with Gasteiger partial charge >= 0.3 is 5.97 Å². The van der Waals surface area contributed by atoms with E-state index in [0.29, 0.717) is 32.3 Å². The second-order valence-corrected chi connectivity index (χ2v) is 4.53. The van der Waals surface area contributed by atoms with Gasteiger partial charge in [-0.05, 0) is 13.3 Å². The third kappa shape index (κ3) is 11.0. The van der Waals surface area contributed by atoms with E-state index in [1.165, 1.54) is 7.11 Å². The summed E-state index contributed by atoms with van der Waals surface area (Å²) in [7, 11) is 3.04. The summed E-state index contributed by atoms with van der Waals surface area (Å²) >= 11 is 0. The summed E-state index contributed by atoms with van der Waals surface area (Å²) in [5.74, 6) is 0.203. The van der Waals surface area contributed by atoms with Crippen LogP contribution < -0.4 is 10.6 Å². The number of guanidine groups is 1. The predicted molar refractivity (Wildman–Crippen MR) is 82.5 cm³/mol. The van der Waals surface area contributed by atoms with Crippen molar-refractivity contribution in [3.05, 3.63) is 0 Å². The van der Waals surface area contributed by atoms with E-state index in [-0.39, 0.29) is 11.9 Å². The normalized spacial score (nSPS) is 12.9. The SMILES string of the molecule is CCNC(=NCC(C)C(=O)OC)NCCCOCCOC. The van der Waals surface area contributed by atoms with E-state index in [1.54, 1.807) is 14.0 Å². The van der Waals surface area contributed by atoms with E-state index < -0.39 is 0 Å². The lowest BCUT2D eigenvalue weighted by Gasteiger charge is -2.12. The molecule has 0 saturated heterocycles. The van der Waals surface area contributed by atoms with Crippen LogP contribution in [0.4, 0.5) is 0 Å². The molecule has 0 radical (unpaired) electrons. The summed E-state index contributed by atoms with van der Waals surface area (Å²) < 4.78 is 14.9. The molecule has 0 aliphatic heterocycles. The van der Waals surface area contributed by atoms with Crippen LogP contribution in [0.5, 0.6) is 0 Å². The maximum atomic E-state index is 11.3. The minimum Gasteiger partial charge on any atom is -0.469 e. The molecule has 0 amide bonds. The highest BCUT2D eigenvalue weighted by molar-refractivity contribution is 5.80. The lowest BCUT2D eigenvalue weighted by Crippen LogP contribution is -2.38. The summed E-state index contributed by atoms with van der Waals surface area (Å²) in [5, 5.41) is 6.33. The van der Waals surface area contributed by atoms with Crippen LogP contribution in [-0.2, 0) is 19.0 Å². The number of nitrogens with zero attached hydrogens (tertiary/aromatic N) is 1. The minimum atomic E-state index is -0.249. The van der Waals surface area contributed by atoms with Crippen LogP contribution in [0.15, 0.2) is 4.99 Å². The summed E-state index contributed by atoms with van der Waals surface area (Å²) in [5.41, 5.74) is 0. The zero-order chi connectivity index (χ0) is 15.9. The number of carbonyl (C=O) groups excluding carboxylic acids is 1. The van der Waals surface area contributed by atoms with Crippen LogP contribution in [0.1, 0.15) is 20.3 Å². The molecule has 21 heavy (non-hydrogen) atoms. The summed E-state index contributed by atoms with van der Waals surface area (Å²) in [6.07, 6.45) is 0.876. The molecule has 0 bridgehead atoms. The van der Waals surface area contributed by atoms with E-state index in [1.807, 2.05) is 6.92 Å². The standard InChI is InChI=1S/C14H29N3O4/c1-5-15-14(17-11-12(2)13(18)20-4)16-7-6-8-21-10-9-19-3/h12H,5-11H2,1-4H3,(H2,15,16,17). The Morgan fingerprint density at radius 2 is 1.95 bits per heavy atom. The first-order chi connectivity index (χ1) is 10.2. The molecule has 2 N–H and O–H groups in total. The van der Waals surface area contributed by atoms with Crippen molar-refractivity contribution < 1.29 is 19.0 Å². The molecule has 124 valence electrons. The van der Waals surface area contributed by atoms with E-state index in [9.17, 15) is 4.79 Å². The van der Waals surface area contributed by atoms with Gasteiger partial charge in [0.05, 0.1) is 32.8 Å². The number of ether oxygens (including phenoxy) is 3. The van der Waals surface area contributed by atoms with E-state index in [4.69, 9.17) is 9.47 Å². The topological polar surface area (TPSA) is 81.2 Å². The molecule has 0 saturated carbocycles. The van der Waals surface area contributed by atoms with Gasteiger partial charge in [0.1, 0.15) is 0 Å². The molecule has 1 unspecified atom stereocenters. The number of methoxy groups -OCH3 is 2. The second kappa shape index (κ2) is 13.6. The molecule has 0 aromatic carbocycles. The van der Waals surface area contributed by atoms with Crippen LogP contribution in [0, 0.1) is 5.92 Å². The summed E-state index contributed by atoms with van der Waals surface area (Å²) in [4.78, 5) is 15.7. The number of hydrogen-bond donors (Lipinski definition) is 2. The van der Waals surface area contributed by atoms with Gasteiger partial charge in [-0.2, -0.15) is 0 Å². The molecule has 7 heteroatoms. The fourth-order valence-electron chi connectivity index (χ4n) is 1.47. The van der Waals surface area contributed by atoms with Crippen molar-refractivity contribution >= 4 is 11.9 Å². The van der Waals surface area contributed by atoms with Crippen LogP contribution >= 0.6 is 0 Å². The predicted octanol–water partition coefficient (Wildman–Crippen LogP) is 0.404. The highest BCUT2D eigenvalue weighted by Gasteiger charge is 2.12. The second-order valence-electron chi connectivity index (χ2n) is 4.53. The van der Waals surface area contributed by atoms with E-state index in [2.05, 4.69) is 20.4 Å². The van der Waals surface area contributed by atoms with Gasteiger partial charge in [-0.25, -0.2) is 0 Å². The first-order valence-electron chi connectivity index (χ1n) is 7.32. The Hall–Kier alpha value is -1.34. The van der Waals surface area contributed by atoms with E-state index >= 15 is 0 Å². The molecule has 0 aliphatic carbocycles. The van der Waals surface area contributed by atoms with Crippen molar-refractivity contribution in [1.82, 2.24) is 10.6 Å². The number of esters is 1. The molecule has 0 heterocycles. The van der Waals surface area contributed by atoms with Crippen LogP contribution in [-0.4, -0.2) is 65.6 Å². The molecule has 1 atom stereocenters. The number of hydrogen-bond acceptors (Lipinski definition) is 5. The minimum absolute atomic E-state index is 0.247. The fourth-order valence-corrected chi connectivity index (χ4v) is 1.47. The monoisotopic (exact) mass is 303 g/mol. The number of rotatable bonds is 11. The molecule has 0 rings (SSSR count). The Kier molecular flexibility index (Phi) is 12.8. The van der Waals surface area contributed by atoms with Gasteiger partial charge in [-0.1, -0.05) is 6.92 Å². The Bertz CT molecular complexity index is 298. The number of carbonyl (C=O) groups is 1. The van der Waals surface area contributed by atoms with Gasteiger partial charge in [0.25, 0.3) is 0 Å². The molecule has 0 aromatic heterocycles. The molecule has 0 spiro atoms. The maximum absolute atomic E-state index is 11.3. The van der Waals surface area contributed by atoms with Crippen molar-refractivity contribution in [3.8, 4) is 0 Å². The molecular formula is C14H29N3O4. The number of aliphatic imine (C=N–C) groups is 1. The molecule has 7 nitrogen and oxygen atoms in total. The van der Waals surface area contributed by atoms with Crippen LogP contribution in [0.25, 0.3) is 0 Å². The third-order valence-corrected chi connectivity index (χ3v) is 2.66. The fraction of sp³-hybridized carbons (Fsp3) is 0.857.